The summed E-state index contributed by atoms with van der Waals surface area (Å²) in [6.07, 6.45) is 2.34. The van der Waals surface area contributed by atoms with E-state index in [1.54, 1.807) is 6.07 Å². The van der Waals surface area contributed by atoms with Crippen molar-refractivity contribution in [2.45, 2.75) is 25.8 Å². The van der Waals surface area contributed by atoms with Crippen molar-refractivity contribution in [3.8, 4) is 5.75 Å². The second-order valence-corrected chi connectivity index (χ2v) is 5.81. The molecule has 1 saturated heterocycles. The normalized spacial score (nSPS) is 21.6. The number of benzene rings is 1. The van der Waals surface area contributed by atoms with Crippen molar-refractivity contribution in [2.75, 3.05) is 18.1 Å². The number of thioether (sulfide) groups is 1. The molecule has 1 fully saturated rings. The molecule has 1 aromatic carbocycles. The van der Waals surface area contributed by atoms with Crippen molar-refractivity contribution in [1.82, 2.24) is 5.32 Å². The third kappa shape index (κ3) is 3.39. The molecule has 0 aliphatic carbocycles. The van der Waals surface area contributed by atoms with Gasteiger partial charge in [-0.3, -0.25) is 0 Å². The minimum atomic E-state index is 0.279. The Morgan fingerprint density at radius 1 is 1.47 bits per heavy atom. The number of hydrogen-bond acceptors (Lipinski definition) is 3. The lowest BCUT2D eigenvalue weighted by Crippen LogP contribution is -2.27. The van der Waals surface area contributed by atoms with Crippen LogP contribution < -0.4 is 5.32 Å². The van der Waals surface area contributed by atoms with E-state index in [0.29, 0.717) is 5.75 Å². The maximum absolute atomic E-state index is 9.86. The van der Waals surface area contributed by atoms with E-state index >= 15 is 0 Å². The molecule has 2 nitrogen and oxygen atoms in total. The molecule has 1 heterocycles. The van der Waals surface area contributed by atoms with Crippen LogP contribution in [0, 0.1) is 5.92 Å². The molecule has 2 N–H and O–H groups in total. The van der Waals surface area contributed by atoms with Gasteiger partial charge >= 0.3 is 0 Å². The second-order valence-electron chi connectivity index (χ2n) is 4.66. The van der Waals surface area contributed by atoms with Crippen LogP contribution in [0.4, 0.5) is 0 Å². The van der Waals surface area contributed by atoms with Crippen LogP contribution in [0.1, 0.15) is 31.4 Å². The summed E-state index contributed by atoms with van der Waals surface area (Å²) in [6.45, 7) is 3.23. The topological polar surface area (TPSA) is 32.3 Å². The fraction of sp³-hybridized carbons (Fsp3) is 0.571. The summed E-state index contributed by atoms with van der Waals surface area (Å²) in [5.74, 6) is 3.80. The van der Waals surface area contributed by atoms with E-state index in [0.717, 1.165) is 24.4 Å². The fourth-order valence-electron chi connectivity index (χ4n) is 2.31. The monoisotopic (exact) mass is 251 g/mol. The molecule has 0 bridgehead atoms. The van der Waals surface area contributed by atoms with Crippen LogP contribution in [0.2, 0.25) is 0 Å². The van der Waals surface area contributed by atoms with E-state index in [2.05, 4.69) is 24.0 Å². The van der Waals surface area contributed by atoms with Crippen molar-refractivity contribution in [1.29, 1.82) is 0 Å². The summed E-state index contributed by atoms with van der Waals surface area (Å²) >= 11 is 2.05. The van der Waals surface area contributed by atoms with Gasteiger partial charge in [-0.25, -0.2) is 0 Å². The molecule has 0 radical (unpaired) electrons. The summed E-state index contributed by atoms with van der Waals surface area (Å²) in [4.78, 5) is 0. The van der Waals surface area contributed by atoms with E-state index < -0.39 is 0 Å². The first kappa shape index (κ1) is 12.8. The van der Waals surface area contributed by atoms with Crippen molar-refractivity contribution in [3.05, 3.63) is 29.8 Å². The Morgan fingerprint density at radius 2 is 2.29 bits per heavy atom. The lowest BCUT2D eigenvalue weighted by molar-refractivity contribution is 0.420. The first-order chi connectivity index (χ1) is 8.31. The number of nitrogens with one attached hydrogen (secondary N) is 1. The molecule has 2 rings (SSSR count). The third-order valence-electron chi connectivity index (χ3n) is 3.40. The van der Waals surface area contributed by atoms with Gasteiger partial charge in [0.25, 0.3) is 0 Å². The van der Waals surface area contributed by atoms with Gasteiger partial charge < -0.3 is 10.4 Å². The zero-order valence-corrected chi connectivity index (χ0v) is 11.2. The van der Waals surface area contributed by atoms with Gasteiger partial charge in [0.15, 0.2) is 0 Å². The van der Waals surface area contributed by atoms with Gasteiger partial charge in [-0.1, -0.05) is 25.1 Å². The minimum absolute atomic E-state index is 0.279. The van der Waals surface area contributed by atoms with Gasteiger partial charge in [0.2, 0.25) is 0 Å². The molecule has 17 heavy (non-hydrogen) atoms. The largest absolute Gasteiger partial charge is 0.508 e. The first-order valence-corrected chi connectivity index (χ1v) is 7.55. The Balaban J connectivity index is 1.94. The van der Waals surface area contributed by atoms with Crippen LogP contribution in [0.5, 0.6) is 5.75 Å². The maximum atomic E-state index is 9.86. The molecule has 2 unspecified atom stereocenters. The quantitative estimate of drug-likeness (QED) is 0.843. The third-order valence-corrected chi connectivity index (χ3v) is 4.63. The summed E-state index contributed by atoms with van der Waals surface area (Å²) in [5, 5.41) is 13.5. The molecule has 0 spiro atoms. The highest BCUT2D eigenvalue weighted by atomic mass is 32.2. The predicted octanol–water partition coefficient (Wildman–Crippen LogP) is 3.19. The van der Waals surface area contributed by atoms with Gasteiger partial charge in [0, 0.05) is 11.6 Å². The van der Waals surface area contributed by atoms with Crippen LogP contribution in [0.25, 0.3) is 0 Å². The molecule has 0 aromatic heterocycles. The summed E-state index contributed by atoms with van der Waals surface area (Å²) in [5.41, 5.74) is 1.03. The molecule has 2 atom stereocenters. The summed E-state index contributed by atoms with van der Waals surface area (Å²) in [6, 6.07) is 7.93. The van der Waals surface area contributed by atoms with Gasteiger partial charge in [-0.15, -0.1) is 0 Å². The van der Waals surface area contributed by atoms with Crippen LogP contribution in [0.15, 0.2) is 24.3 Å². The van der Waals surface area contributed by atoms with Crippen molar-refractivity contribution < 1.29 is 5.11 Å². The SMILES string of the molecule is CCC(NCC1CCSC1)c1ccccc1O. The number of phenolic OH excluding ortho intramolecular Hbond substituents is 1. The molecule has 1 aliphatic heterocycles. The van der Waals surface area contributed by atoms with Crippen molar-refractivity contribution in [2.24, 2.45) is 5.92 Å². The average molecular weight is 251 g/mol. The zero-order valence-electron chi connectivity index (χ0n) is 10.4. The van der Waals surface area contributed by atoms with E-state index in [-0.39, 0.29) is 6.04 Å². The molecule has 0 amide bonds. The lowest BCUT2D eigenvalue weighted by atomic mass is 10.0. The van der Waals surface area contributed by atoms with Gasteiger partial charge in [-0.2, -0.15) is 11.8 Å². The Hall–Kier alpha value is -0.670. The number of hydrogen-bond donors (Lipinski definition) is 2. The van der Waals surface area contributed by atoms with Crippen LogP contribution in [0.3, 0.4) is 0 Å². The molecule has 3 heteroatoms. The molecule has 1 aliphatic rings. The maximum Gasteiger partial charge on any atom is 0.120 e. The number of aromatic hydroxyl groups is 1. The highest BCUT2D eigenvalue weighted by molar-refractivity contribution is 7.99. The van der Waals surface area contributed by atoms with Crippen LogP contribution >= 0.6 is 11.8 Å². The van der Waals surface area contributed by atoms with E-state index in [1.807, 2.05) is 18.2 Å². The first-order valence-electron chi connectivity index (χ1n) is 6.40. The van der Waals surface area contributed by atoms with E-state index in [1.165, 1.54) is 17.9 Å². The van der Waals surface area contributed by atoms with E-state index in [9.17, 15) is 5.11 Å². The average Bonchev–Trinajstić information content (AvgIpc) is 2.85. The summed E-state index contributed by atoms with van der Waals surface area (Å²) in [7, 11) is 0. The Morgan fingerprint density at radius 3 is 2.94 bits per heavy atom. The summed E-state index contributed by atoms with van der Waals surface area (Å²) < 4.78 is 0. The van der Waals surface area contributed by atoms with Gasteiger partial charge in [0.1, 0.15) is 5.75 Å². The van der Waals surface area contributed by atoms with Crippen molar-refractivity contribution in [3.63, 3.8) is 0 Å². The second kappa shape index (κ2) is 6.31. The fourth-order valence-corrected chi connectivity index (χ4v) is 3.59. The van der Waals surface area contributed by atoms with Crippen LogP contribution in [-0.2, 0) is 0 Å². The molecule has 94 valence electrons. The molecular formula is C14H21NOS. The molecule has 0 saturated carbocycles. The van der Waals surface area contributed by atoms with Crippen molar-refractivity contribution >= 4 is 11.8 Å². The molecule has 1 aromatic rings. The molecular weight excluding hydrogens is 230 g/mol. The van der Waals surface area contributed by atoms with Gasteiger partial charge in [0.05, 0.1) is 0 Å². The van der Waals surface area contributed by atoms with E-state index in [4.69, 9.17) is 0 Å². The minimum Gasteiger partial charge on any atom is -0.508 e. The zero-order chi connectivity index (χ0) is 12.1. The number of phenols is 1. The smallest absolute Gasteiger partial charge is 0.120 e. The Labute approximate surface area is 108 Å². The Kier molecular flexibility index (Phi) is 4.75. The number of rotatable bonds is 5. The standard InChI is InChI=1S/C14H21NOS/c1-2-13(12-5-3-4-6-14(12)16)15-9-11-7-8-17-10-11/h3-6,11,13,15-16H,2,7-10H2,1H3. The lowest BCUT2D eigenvalue weighted by Gasteiger charge is -2.20. The predicted molar refractivity (Wildman–Crippen MR) is 74.6 cm³/mol. The highest BCUT2D eigenvalue weighted by Gasteiger charge is 2.18. The Bertz CT molecular complexity index is 350. The van der Waals surface area contributed by atoms with Gasteiger partial charge in [-0.05, 0) is 42.9 Å². The number of para-hydroxylation sites is 1. The highest BCUT2D eigenvalue weighted by Crippen LogP contribution is 2.27. The van der Waals surface area contributed by atoms with Crippen LogP contribution in [-0.4, -0.2) is 23.2 Å².